The first-order chi connectivity index (χ1) is 14.3. The van der Waals surface area contributed by atoms with E-state index in [1.54, 1.807) is 5.57 Å². The molecule has 0 unspecified atom stereocenters. The maximum atomic E-state index is 10.3. The summed E-state index contributed by atoms with van der Waals surface area (Å²) in [6.45, 7) is 10.8. The molecule has 2 heterocycles. The number of rotatable bonds is 0. The Hall–Kier alpha value is -0.380. The van der Waals surface area contributed by atoms with Crippen molar-refractivity contribution in [1.29, 1.82) is 0 Å². The predicted octanol–water partition coefficient (Wildman–Crippen LogP) is 5.71. The fourth-order valence-corrected chi connectivity index (χ4v) is 9.66. The summed E-state index contributed by atoms with van der Waals surface area (Å²) < 4.78 is 13.3. The number of fused-ring (bicyclic) bond motifs is 7. The quantitative estimate of drug-likeness (QED) is 0.516. The van der Waals surface area contributed by atoms with Gasteiger partial charge in [0.2, 0.25) is 0 Å². The van der Waals surface area contributed by atoms with Gasteiger partial charge in [-0.15, -0.1) is 0 Å². The van der Waals surface area contributed by atoms with Gasteiger partial charge in [-0.1, -0.05) is 39.3 Å². The van der Waals surface area contributed by atoms with Gasteiger partial charge in [-0.2, -0.15) is 0 Å². The molecule has 0 aromatic heterocycles. The van der Waals surface area contributed by atoms with E-state index in [-0.39, 0.29) is 11.9 Å². The van der Waals surface area contributed by atoms with Crippen LogP contribution in [-0.4, -0.2) is 29.7 Å². The van der Waals surface area contributed by atoms with Gasteiger partial charge >= 0.3 is 0 Å². The molecule has 6 rings (SSSR count). The number of hydrogen-bond acceptors (Lipinski definition) is 3. The van der Waals surface area contributed by atoms with Gasteiger partial charge < -0.3 is 14.6 Å². The highest BCUT2D eigenvalue weighted by atomic mass is 16.7. The molecule has 3 saturated carbocycles. The first kappa shape index (κ1) is 20.2. The molecule has 2 saturated heterocycles. The molecule has 1 N–H and O–H groups in total. The van der Waals surface area contributed by atoms with Crippen LogP contribution in [0.2, 0.25) is 0 Å². The number of hydrogen-bond donors (Lipinski definition) is 1. The molecule has 3 nitrogen and oxygen atoms in total. The van der Waals surface area contributed by atoms with Crippen LogP contribution in [0, 0.1) is 46.3 Å². The van der Waals surface area contributed by atoms with Crippen LogP contribution in [0.5, 0.6) is 0 Å². The van der Waals surface area contributed by atoms with Crippen LogP contribution >= 0.6 is 0 Å². The summed E-state index contributed by atoms with van der Waals surface area (Å²) in [5.41, 5.74) is 2.31. The monoisotopic (exact) mass is 414 g/mol. The third kappa shape index (κ3) is 2.55. The van der Waals surface area contributed by atoms with Gasteiger partial charge in [-0.25, -0.2) is 0 Å². The van der Waals surface area contributed by atoms with Crippen molar-refractivity contribution in [2.24, 2.45) is 46.3 Å². The van der Waals surface area contributed by atoms with Crippen LogP contribution in [0.25, 0.3) is 0 Å². The Kier molecular flexibility index (Phi) is 4.44. The smallest absolute Gasteiger partial charge is 0.171 e. The molecule has 0 amide bonds. The average Bonchev–Trinajstić information content (AvgIpc) is 3.16. The minimum absolute atomic E-state index is 0.107. The first-order valence-electron chi connectivity index (χ1n) is 13.0. The number of aliphatic hydroxyl groups excluding tert-OH is 1. The van der Waals surface area contributed by atoms with Gasteiger partial charge in [0.05, 0.1) is 18.8 Å². The lowest BCUT2D eigenvalue weighted by Crippen LogP contribution is -2.52. The van der Waals surface area contributed by atoms with Crippen molar-refractivity contribution in [2.45, 2.75) is 103 Å². The summed E-state index contributed by atoms with van der Waals surface area (Å²) >= 11 is 0. The Morgan fingerprint density at radius 1 is 1.03 bits per heavy atom. The summed E-state index contributed by atoms with van der Waals surface area (Å²) in [5.74, 6) is 3.94. The van der Waals surface area contributed by atoms with Crippen LogP contribution in [0.15, 0.2) is 11.6 Å². The predicted molar refractivity (Wildman–Crippen MR) is 118 cm³/mol. The van der Waals surface area contributed by atoms with Gasteiger partial charge in [0.15, 0.2) is 5.79 Å². The van der Waals surface area contributed by atoms with E-state index in [4.69, 9.17) is 9.47 Å². The molecular formula is C27H42O3. The summed E-state index contributed by atoms with van der Waals surface area (Å²) in [5, 5.41) is 10.3. The number of allylic oxidation sites excluding steroid dienone is 1. The minimum Gasteiger partial charge on any atom is -0.393 e. The maximum Gasteiger partial charge on any atom is 0.171 e. The topological polar surface area (TPSA) is 38.7 Å². The molecule has 168 valence electrons. The Bertz CT molecular complexity index is 736. The largest absolute Gasteiger partial charge is 0.393 e. The zero-order valence-corrected chi connectivity index (χ0v) is 19.5. The lowest BCUT2D eigenvalue weighted by atomic mass is 9.47. The standard InChI is InChI=1S/C27H42O3/c1-16-7-12-27(29-15-16)17(2)24-23(30-27)14-22-20-6-5-18-13-19(28)8-10-25(18,3)21(20)9-11-26(22,24)4/h5,16-17,19-24,28H,6-15H2,1-4H3/t16-,17-,19-,20+,21+,22+,23+,24+,25-,26-,27+/m0/s1. The molecule has 1 spiro atoms. The van der Waals surface area contributed by atoms with Gasteiger partial charge in [-0.05, 0) is 91.8 Å². The molecule has 4 aliphatic carbocycles. The molecule has 30 heavy (non-hydrogen) atoms. The Labute approximate surface area is 183 Å². The number of ether oxygens (including phenoxy) is 2. The fourth-order valence-electron chi connectivity index (χ4n) is 9.66. The fraction of sp³-hybridized carbons (Fsp3) is 0.926. The highest BCUT2D eigenvalue weighted by molar-refractivity contribution is 5.26. The third-order valence-electron chi connectivity index (χ3n) is 11.3. The SMILES string of the molecule is C[C@H]1CC[C@@]2(OC1)O[C@@H]1C[C@@H]3[C@@H]4CC=C5C[C@@H](O)CC[C@]5(C)[C@@H]4CC[C@]3(C)[C@@H]1[C@@H]2C. The molecule has 0 aromatic carbocycles. The van der Waals surface area contributed by atoms with Crippen molar-refractivity contribution >= 4 is 0 Å². The Balaban J connectivity index is 1.28. The minimum atomic E-state index is -0.294. The summed E-state index contributed by atoms with van der Waals surface area (Å²) in [7, 11) is 0. The Morgan fingerprint density at radius 2 is 1.87 bits per heavy atom. The highest BCUT2D eigenvalue weighted by Gasteiger charge is 2.68. The molecule has 6 aliphatic rings. The van der Waals surface area contributed by atoms with E-state index in [2.05, 4.69) is 33.8 Å². The lowest BCUT2D eigenvalue weighted by Gasteiger charge is -2.58. The number of aliphatic hydroxyl groups is 1. The molecule has 3 heteroatoms. The van der Waals surface area contributed by atoms with Crippen LogP contribution in [0.1, 0.15) is 85.5 Å². The summed E-state index contributed by atoms with van der Waals surface area (Å²) in [6, 6.07) is 0. The zero-order valence-electron chi connectivity index (χ0n) is 19.5. The van der Waals surface area contributed by atoms with Crippen LogP contribution in [0.3, 0.4) is 0 Å². The van der Waals surface area contributed by atoms with E-state index < -0.39 is 0 Å². The second-order valence-electron chi connectivity index (χ2n) is 12.7. The van der Waals surface area contributed by atoms with Gasteiger partial charge in [-0.3, -0.25) is 0 Å². The van der Waals surface area contributed by atoms with Crippen molar-refractivity contribution in [3.05, 3.63) is 11.6 Å². The molecular weight excluding hydrogens is 372 g/mol. The van der Waals surface area contributed by atoms with Crippen LogP contribution < -0.4 is 0 Å². The van der Waals surface area contributed by atoms with Crippen LogP contribution in [-0.2, 0) is 9.47 Å². The van der Waals surface area contributed by atoms with Crippen molar-refractivity contribution in [3.63, 3.8) is 0 Å². The van der Waals surface area contributed by atoms with Crippen molar-refractivity contribution in [2.75, 3.05) is 6.61 Å². The van der Waals surface area contributed by atoms with E-state index in [9.17, 15) is 5.11 Å². The van der Waals surface area contributed by atoms with Gasteiger partial charge in [0.1, 0.15) is 0 Å². The van der Waals surface area contributed by atoms with Gasteiger partial charge in [0, 0.05) is 12.3 Å². The summed E-state index contributed by atoms with van der Waals surface area (Å²) in [4.78, 5) is 0. The molecule has 5 fully saturated rings. The average molecular weight is 415 g/mol. The van der Waals surface area contributed by atoms with Crippen molar-refractivity contribution in [1.82, 2.24) is 0 Å². The van der Waals surface area contributed by atoms with E-state index in [0.717, 1.165) is 43.6 Å². The first-order valence-corrected chi connectivity index (χ1v) is 13.0. The highest BCUT2D eigenvalue weighted by Crippen LogP contribution is 2.70. The zero-order chi connectivity index (χ0) is 20.9. The molecule has 11 atom stereocenters. The Morgan fingerprint density at radius 3 is 2.63 bits per heavy atom. The van der Waals surface area contributed by atoms with Crippen molar-refractivity contribution in [3.8, 4) is 0 Å². The van der Waals surface area contributed by atoms with Gasteiger partial charge in [0.25, 0.3) is 0 Å². The van der Waals surface area contributed by atoms with E-state index in [1.807, 2.05) is 0 Å². The van der Waals surface area contributed by atoms with E-state index in [0.29, 0.717) is 34.7 Å². The van der Waals surface area contributed by atoms with E-state index in [1.165, 1.54) is 38.5 Å². The van der Waals surface area contributed by atoms with E-state index >= 15 is 0 Å². The normalized spacial score (nSPS) is 59.8. The lowest BCUT2D eigenvalue weighted by molar-refractivity contribution is -0.272. The molecule has 2 aliphatic heterocycles. The third-order valence-corrected chi connectivity index (χ3v) is 11.3. The van der Waals surface area contributed by atoms with Crippen LogP contribution in [0.4, 0.5) is 0 Å². The molecule has 0 radical (unpaired) electrons. The summed E-state index contributed by atoms with van der Waals surface area (Å²) in [6.07, 6.45) is 13.5. The molecule has 0 aromatic rings. The second kappa shape index (κ2) is 6.58. The maximum absolute atomic E-state index is 10.3. The molecule has 0 bridgehead atoms. The van der Waals surface area contributed by atoms with Crippen molar-refractivity contribution < 1.29 is 14.6 Å². The second-order valence-corrected chi connectivity index (χ2v) is 12.7.